The highest BCUT2D eigenvalue weighted by Gasteiger charge is 2.20. The van der Waals surface area contributed by atoms with Gasteiger partial charge >= 0.3 is 5.97 Å². The Morgan fingerprint density at radius 3 is 2.35 bits per heavy atom. The molecule has 1 aromatic rings. The Labute approximate surface area is 102 Å². The van der Waals surface area contributed by atoms with Crippen LogP contribution in [0.2, 0.25) is 0 Å². The van der Waals surface area contributed by atoms with E-state index in [1.807, 2.05) is 26.8 Å². The van der Waals surface area contributed by atoms with Gasteiger partial charge in [-0.25, -0.2) is 0 Å². The number of aliphatic hydroxyl groups is 1. The third-order valence-electron chi connectivity index (χ3n) is 2.77. The molecule has 1 atom stereocenters. The van der Waals surface area contributed by atoms with E-state index in [2.05, 4.69) is 0 Å². The van der Waals surface area contributed by atoms with Crippen LogP contribution in [0.3, 0.4) is 0 Å². The summed E-state index contributed by atoms with van der Waals surface area (Å²) >= 11 is 0. The molecular formula is C14H20O3. The molecule has 1 rings (SSSR count). The van der Waals surface area contributed by atoms with Crippen molar-refractivity contribution in [2.45, 2.75) is 45.6 Å². The standard InChI is InChI=1S/C14H20O3/c1-9(15)10-5-6-11(8-13(16)17)12(7-10)14(2,3)4/h5-7,9,15H,8H2,1-4H3,(H,16,17). The smallest absolute Gasteiger partial charge is 0.307 e. The van der Waals surface area contributed by atoms with E-state index in [0.29, 0.717) is 0 Å². The van der Waals surface area contributed by atoms with E-state index in [-0.39, 0.29) is 11.8 Å². The topological polar surface area (TPSA) is 57.5 Å². The van der Waals surface area contributed by atoms with E-state index in [0.717, 1.165) is 16.7 Å². The second-order valence-electron chi connectivity index (χ2n) is 5.41. The lowest BCUT2D eigenvalue weighted by molar-refractivity contribution is -0.136. The number of benzene rings is 1. The summed E-state index contributed by atoms with van der Waals surface area (Å²) in [7, 11) is 0. The number of hydrogen-bond acceptors (Lipinski definition) is 2. The third-order valence-corrected chi connectivity index (χ3v) is 2.77. The number of rotatable bonds is 3. The van der Waals surface area contributed by atoms with Gasteiger partial charge in [0.25, 0.3) is 0 Å². The molecule has 0 aromatic heterocycles. The summed E-state index contributed by atoms with van der Waals surface area (Å²) in [6.45, 7) is 7.83. The van der Waals surface area contributed by atoms with Gasteiger partial charge in [0.1, 0.15) is 0 Å². The number of carboxylic acids is 1. The lowest BCUT2D eigenvalue weighted by atomic mass is 9.81. The minimum Gasteiger partial charge on any atom is -0.481 e. The third kappa shape index (κ3) is 3.56. The van der Waals surface area contributed by atoms with Crippen molar-refractivity contribution in [1.29, 1.82) is 0 Å². The molecule has 0 aliphatic heterocycles. The van der Waals surface area contributed by atoms with Gasteiger partial charge in [-0.15, -0.1) is 0 Å². The quantitative estimate of drug-likeness (QED) is 0.848. The molecule has 0 heterocycles. The molecule has 1 aromatic carbocycles. The Bertz CT molecular complexity index is 414. The van der Waals surface area contributed by atoms with Crippen molar-refractivity contribution in [2.24, 2.45) is 0 Å². The number of aliphatic carboxylic acids is 1. The minimum atomic E-state index is -0.833. The zero-order valence-electron chi connectivity index (χ0n) is 10.8. The van der Waals surface area contributed by atoms with Crippen LogP contribution in [-0.4, -0.2) is 16.2 Å². The van der Waals surface area contributed by atoms with E-state index in [9.17, 15) is 9.90 Å². The molecule has 0 amide bonds. The van der Waals surface area contributed by atoms with Crippen molar-refractivity contribution in [3.05, 3.63) is 34.9 Å². The predicted molar refractivity (Wildman–Crippen MR) is 67.1 cm³/mol. The molecule has 0 aliphatic rings. The van der Waals surface area contributed by atoms with Gasteiger partial charge in [0.05, 0.1) is 12.5 Å². The SMILES string of the molecule is CC(O)c1ccc(CC(=O)O)c(C(C)(C)C)c1. The average Bonchev–Trinajstić information content (AvgIpc) is 2.15. The summed E-state index contributed by atoms with van der Waals surface area (Å²) in [6.07, 6.45) is -0.512. The minimum absolute atomic E-state index is 0.0205. The van der Waals surface area contributed by atoms with Gasteiger partial charge in [-0.3, -0.25) is 4.79 Å². The Hall–Kier alpha value is -1.35. The van der Waals surface area contributed by atoms with Gasteiger partial charge in [0, 0.05) is 0 Å². The van der Waals surface area contributed by atoms with Crippen molar-refractivity contribution in [2.75, 3.05) is 0 Å². The molecule has 0 bridgehead atoms. The summed E-state index contributed by atoms with van der Waals surface area (Å²) < 4.78 is 0. The van der Waals surface area contributed by atoms with Crippen molar-refractivity contribution < 1.29 is 15.0 Å². The molecule has 1 unspecified atom stereocenters. The van der Waals surface area contributed by atoms with E-state index < -0.39 is 12.1 Å². The average molecular weight is 236 g/mol. The second kappa shape index (κ2) is 4.88. The summed E-state index contributed by atoms with van der Waals surface area (Å²) in [6, 6.07) is 5.50. The molecule has 3 nitrogen and oxygen atoms in total. The lowest BCUT2D eigenvalue weighted by Gasteiger charge is -2.24. The van der Waals surface area contributed by atoms with Crippen LogP contribution < -0.4 is 0 Å². The fraction of sp³-hybridized carbons (Fsp3) is 0.500. The lowest BCUT2D eigenvalue weighted by Crippen LogP contribution is -2.17. The van der Waals surface area contributed by atoms with Crippen LogP contribution in [0, 0.1) is 0 Å². The predicted octanol–water partition coefficient (Wildman–Crippen LogP) is 2.66. The molecule has 0 aliphatic carbocycles. The highest BCUT2D eigenvalue weighted by Crippen LogP contribution is 2.29. The van der Waals surface area contributed by atoms with Gasteiger partial charge in [-0.1, -0.05) is 39.0 Å². The van der Waals surface area contributed by atoms with E-state index >= 15 is 0 Å². The summed E-state index contributed by atoms with van der Waals surface area (Å²) in [5.41, 5.74) is 2.49. The van der Waals surface area contributed by atoms with Crippen molar-refractivity contribution in [3.8, 4) is 0 Å². The number of carbonyl (C=O) groups is 1. The van der Waals surface area contributed by atoms with Crippen molar-refractivity contribution >= 4 is 5.97 Å². The fourth-order valence-corrected chi connectivity index (χ4v) is 1.87. The van der Waals surface area contributed by atoms with E-state index in [1.165, 1.54) is 0 Å². The fourth-order valence-electron chi connectivity index (χ4n) is 1.87. The van der Waals surface area contributed by atoms with Gasteiger partial charge in [0.2, 0.25) is 0 Å². The van der Waals surface area contributed by atoms with E-state index in [4.69, 9.17) is 5.11 Å². The molecule has 0 radical (unpaired) electrons. The highest BCUT2D eigenvalue weighted by atomic mass is 16.4. The molecule has 3 heteroatoms. The Balaban J connectivity index is 3.27. The molecule has 0 saturated carbocycles. The molecule has 17 heavy (non-hydrogen) atoms. The summed E-state index contributed by atoms with van der Waals surface area (Å²) in [5.74, 6) is -0.833. The van der Waals surface area contributed by atoms with E-state index in [1.54, 1.807) is 19.1 Å². The zero-order valence-corrected chi connectivity index (χ0v) is 10.8. The first-order valence-electron chi connectivity index (χ1n) is 5.75. The zero-order chi connectivity index (χ0) is 13.2. The van der Waals surface area contributed by atoms with Gasteiger partial charge in [-0.2, -0.15) is 0 Å². The Morgan fingerprint density at radius 2 is 1.94 bits per heavy atom. The highest BCUT2D eigenvalue weighted by molar-refractivity contribution is 5.71. The maximum atomic E-state index is 10.8. The molecule has 0 fully saturated rings. The molecule has 2 N–H and O–H groups in total. The van der Waals surface area contributed by atoms with Crippen LogP contribution in [0.1, 0.15) is 50.5 Å². The Kier molecular flexibility index (Phi) is 3.94. The van der Waals surface area contributed by atoms with Gasteiger partial charge in [0.15, 0.2) is 0 Å². The first-order valence-corrected chi connectivity index (χ1v) is 5.75. The monoisotopic (exact) mass is 236 g/mol. The second-order valence-corrected chi connectivity index (χ2v) is 5.41. The van der Waals surface area contributed by atoms with Gasteiger partial charge in [-0.05, 0) is 29.0 Å². The van der Waals surface area contributed by atoms with Crippen LogP contribution in [0.25, 0.3) is 0 Å². The number of hydrogen-bond donors (Lipinski definition) is 2. The molecular weight excluding hydrogens is 216 g/mol. The van der Waals surface area contributed by atoms with Crippen LogP contribution in [-0.2, 0) is 16.6 Å². The molecule has 94 valence electrons. The van der Waals surface area contributed by atoms with Crippen LogP contribution in [0.5, 0.6) is 0 Å². The Morgan fingerprint density at radius 1 is 1.35 bits per heavy atom. The van der Waals surface area contributed by atoms with Crippen molar-refractivity contribution in [3.63, 3.8) is 0 Å². The first-order chi connectivity index (χ1) is 7.71. The number of aliphatic hydroxyl groups excluding tert-OH is 1. The van der Waals surface area contributed by atoms with Crippen LogP contribution >= 0.6 is 0 Å². The largest absolute Gasteiger partial charge is 0.481 e. The first kappa shape index (κ1) is 13.7. The maximum absolute atomic E-state index is 10.8. The normalized spacial score (nSPS) is 13.5. The van der Waals surface area contributed by atoms with Crippen molar-refractivity contribution in [1.82, 2.24) is 0 Å². The molecule has 0 spiro atoms. The molecule has 0 saturated heterocycles. The summed E-state index contributed by atoms with van der Waals surface area (Å²) in [5, 5.41) is 18.5. The maximum Gasteiger partial charge on any atom is 0.307 e. The van der Waals surface area contributed by atoms with Gasteiger partial charge < -0.3 is 10.2 Å². The van der Waals surface area contributed by atoms with Crippen LogP contribution in [0.4, 0.5) is 0 Å². The van der Waals surface area contributed by atoms with Crippen LogP contribution in [0.15, 0.2) is 18.2 Å². The number of carboxylic acid groups (broad SMARTS) is 1. The summed E-state index contributed by atoms with van der Waals surface area (Å²) in [4.78, 5) is 10.8.